The molecule has 0 spiro atoms. The number of hydrogen-bond donors (Lipinski definition) is 0. The van der Waals surface area contributed by atoms with Crippen LogP contribution in [0.2, 0.25) is 0 Å². The van der Waals surface area contributed by atoms with Crippen molar-refractivity contribution >= 4 is 5.97 Å². The molecule has 2 fully saturated rings. The van der Waals surface area contributed by atoms with Crippen molar-refractivity contribution in [1.82, 2.24) is 4.90 Å². The van der Waals surface area contributed by atoms with Gasteiger partial charge in [0.2, 0.25) is 0 Å². The standard InChI is InChI=1S/C15H19NO3/c1-10-3-4-12(5-11(10)2)15(17)19-14-6-16(7-14)13-8-18-9-13/h3-5,13-14H,6-9H2,1-2H3. The number of carbonyl (C=O) groups is 1. The molecule has 2 saturated heterocycles. The van der Waals surface area contributed by atoms with Gasteiger partial charge in [-0.3, -0.25) is 4.90 Å². The molecule has 4 heteroatoms. The van der Waals surface area contributed by atoms with Crippen molar-refractivity contribution in [3.63, 3.8) is 0 Å². The van der Waals surface area contributed by atoms with Gasteiger partial charge in [-0.05, 0) is 37.1 Å². The van der Waals surface area contributed by atoms with Crippen LogP contribution in [-0.4, -0.2) is 49.3 Å². The van der Waals surface area contributed by atoms with Gasteiger partial charge in [-0.2, -0.15) is 0 Å². The lowest BCUT2D eigenvalue weighted by Gasteiger charge is -2.46. The average Bonchev–Trinajstić information content (AvgIpc) is 2.27. The van der Waals surface area contributed by atoms with E-state index >= 15 is 0 Å². The highest BCUT2D eigenvalue weighted by molar-refractivity contribution is 5.89. The van der Waals surface area contributed by atoms with E-state index < -0.39 is 0 Å². The summed E-state index contributed by atoms with van der Waals surface area (Å²) in [6, 6.07) is 6.23. The quantitative estimate of drug-likeness (QED) is 0.774. The molecule has 102 valence electrons. The molecule has 0 atom stereocenters. The molecule has 1 aromatic rings. The van der Waals surface area contributed by atoms with Crippen LogP contribution in [-0.2, 0) is 9.47 Å². The summed E-state index contributed by atoms with van der Waals surface area (Å²) in [5.74, 6) is -0.211. The zero-order chi connectivity index (χ0) is 13.4. The monoisotopic (exact) mass is 261 g/mol. The van der Waals surface area contributed by atoms with Crippen LogP contribution in [0.25, 0.3) is 0 Å². The second-order valence-corrected chi connectivity index (χ2v) is 5.47. The fourth-order valence-corrected chi connectivity index (χ4v) is 2.36. The van der Waals surface area contributed by atoms with Crippen LogP contribution in [0.4, 0.5) is 0 Å². The molecule has 0 bridgehead atoms. The fourth-order valence-electron chi connectivity index (χ4n) is 2.36. The van der Waals surface area contributed by atoms with Gasteiger partial charge in [0.1, 0.15) is 6.10 Å². The molecule has 3 rings (SSSR count). The van der Waals surface area contributed by atoms with Crippen LogP contribution in [0.5, 0.6) is 0 Å². The molecule has 0 saturated carbocycles. The van der Waals surface area contributed by atoms with Crippen LogP contribution in [0.1, 0.15) is 21.5 Å². The predicted octanol–water partition coefficient (Wildman–Crippen LogP) is 1.54. The van der Waals surface area contributed by atoms with Gasteiger partial charge in [0, 0.05) is 13.1 Å². The Labute approximate surface area is 113 Å². The summed E-state index contributed by atoms with van der Waals surface area (Å²) in [4.78, 5) is 14.3. The molecule has 0 aromatic heterocycles. The first-order valence-corrected chi connectivity index (χ1v) is 6.73. The van der Waals surface area contributed by atoms with Crippen LogP contribution < -0.4 is 0 Å². The molecule has 4 nitrogen and oxygen atoms in total. The second-order valence-electron chi connectivity index (χ2n) is 5.47. The Kier molecular flexibility index (Phi) is 3.29. The summed E-state index contributed by atoms with van der Waals surface area (Å²) >= 11 is 0. The van der Waals surface area contributed by atoms with Gasteiger partial charge < -0.3 is 9.47 Å². The zero-order valence-electron chi connectivity index (χ0n) is 11.4. The van der Waals surface area contributed by atoms with E-state index in [2.05, 4.69) is 4.90 Å². The summed E-state index contributed by atoms with van der Waals surface area (Å²) in [5, 5.41) is 0. The number of likely N-dealkylation sites (tertiary alicyclic amines) is 1. The molecule has 1 aromatic carbocycles. The van der Waals surface area contributed by atoms with Crippen LogP contribution in [0, 0.1) is 13.8 Å². The van der Waals surface area contributed by atoms with E-state index in [0.717, 1.165) is 31.9 Å². The van der Waals surface area contributed by atoms with Gasteiger partial charge in [0.05, 0.1) is 24.8 Å². The van der Waals surface area contributed by atoms with E-state index in [4.69, 9.17) is 9.47 Å². The van der Waals surface area contributed by atoms with Gasteiger partial charge in [-0.15, -0.1) is 0 Å². The number of rotatable bonds is 3. The molecular weight excluding hydrogens is 242 g/mol. The highest BCUT2D eigenvalue weighted by Gasteiger charge is 2.37. The lowest BCUT2D eigenvalue weighted by Crippen LogP contribution is -2.62. The van der Waals surface area contributed by atoms with E-state index in [9.17, 15) is 4.79 Å². The Balaban J connectivity index is 1.52. The summed E-state index contributed by atoms with van der Waals surface area (Å²) in [6.45, 7) is 7.35. The lowest BCUT2D eigenvalue weighted by atomic mass is 10.1. The van der Waals surface area contributed by atoms with Crippen LogP contribution in [0.3, 0.4) is 0 Å². The highest BCUT2D eigenvalue weighted by atomic mass is 16.5. The fraction of sp³-hybridized carbons (Fsp3) is 0.533. The third-order valence-corrected chi connectivity index (χ3v) is 4.03. The number of benzene rings is 1. The van der Waals surface area contributed by atoms with Crippen molar-refractivity contribution in [2.75, 3.05) is 26.3 Å². The molecular formula is C15H19NO3. The van der Waals surface area contributed by atoms with E-state index in [1.54, 1.807) is 0 Å². The summed E-state index contributed by atoms with van der Waals surface area (Å²) in [6.07, 6.45) is 0.0368. The zero-order valence-corrected chi connectivity index (χ0v) is 11.4. The number of nitrogens with zero attached hydrogens (tertiary/aromatic N) is 1. The second kappa shape index (κ2) is 4.94. The minimum absolute atomic E-state index is 0.0368. The number of hydrogen-bond acceptors (Lipinski definition) is 4. The van der Waals surface area contributed by atoms with Gasteiger partial charge in [0.25, 0.3) is 0 Å². The molecule has 0 radical (unpaired) electrons. The SMILES string of the molecule is Cc1ccc(C(=O)OC2CN(C3COC3)C2)cc1C. The first-order valence-electron chi connectivity index (χ1n) is 6.73. The summed E-state index contributed by atoms with van der Waals surface area (Å²) in [7, 11) is 0. The maximum Gasteiger partial charge on any atom is 0.338 e. The Bertz CT molecular complexity index is 490. The number of carbonyl (C=O) groups excluding carboxylic acids is 1. The molecule has 0 unspecified atom stereocenters. The minimum atomic E-state index is -0.211. The van der Waals surface area contributed by atoms with Gasteiger partial charge >= 0.3 is 5.97 Å². The average molecular weight is 261 g/mol. The summed E-state index contributed by atoms with van der Waals surface area (Å²) in [5.41, 5.74) is 2.96. The van der Waals surface area contributed by atoms with Crippen molar-refractivity contribution in [2.24, 2.45) is 0 Å². The maximum absolute atomic E-state index is 12.0. The lowest BCUT2D eigenvalue weighted by molar-refractivity contribution is -0.124. The predicted molar refractivity (Wildman–Crippen MR) is 71.3 cm³/mol. The van der Waals surface area contributed by atoms with Crippen molar-refractivity contribution < 1.29 is 14.3 Å². The van der Waals surface area contributed by atoms with E-state index in [0.29, 0.717) is 11.6 Å². The van der Waals surface area contributed by atoms with E-state index in [1.165, 1.54) is 5.56 Å². The molecule has 0 N–H and O–H groups in total. The van der Waals surface area contributed by atoms with Gasteiger partial charge in [0.15, 0.2) is 0 Å². The first kappa shape index (κ1) is 12.6. The van der Waals surface area contributed by atoms with E-state index in [-0.39, 0.29) is 12.1 Å². The minimum Gasteiger partial charge on any atom is -0.456 e. The van der Waals surface area contributed by atoms with Crippen molar-refractivity contribution in [3.05, 3.63) is 34.9 Å². The normalized spacial score (nSPS) is 20.7. The molecule has 19 heavy (non-hydrogen) atoms. The van der Waals surface area contributed by atoms with Crippen molar-refractivity contribution in [3.8, 4) is 0 Å². The first-order chi connectivity index (χ1) is 9.13. The highest BCUT2D eigenvalue weighted by Crippen LogP contribution is 2.21. The van der Waals surface area contributed by atoms with Crippen LogP contribution in [0.15, 0.2) is 18.2 Å². The van der Waals surface area contributed by atoms with Crippen molar-refractivity contribution in [2.45, 2.75) is 26.0 Å². The Hall–Kier alpha value is -1.39. The smallest absolute Gasteiger partial charge is 0.338 e. The number of esters is 1. The maximum atomic E-state index is 12.0. The molecule has 2 heterocycles. The molecule has 0 aliphatic carbocycles. The molecule has 2 aliphatic heterocycles. The largest absolute Gasteiger partial charge is 0.456 e. The topological polar surface area (TPSA) is 38.8 Å². The third kappa shape index (κ3) is 2.51. The Morgan fingerprint density at radius 2 is 2.00 bits per heavy atom. The van der Waals surface area contributed by atoms with Crippen LogP contribution >= 0.6 is 0 Å². The van der Waals surface area contributed by atoms with Crippen molar-refractivity contribution in [1.29, 1.82) is 0 Å². The Morgan fingerprint density at radius 3 is 2.58 bits per heavy atom. The van der Waals surface area contributed by atoms with Gasteiger partial charge in [-0.25, -0.2) is 4.79 Å². The van der Waals surface area contributed by atoms with E-state index in [1.807, 2.05) is 32.0 Å². The number of ether oxygens (including phenoxy) is 2. The Morgan fingerprint density at radius 1 is 1.26 bits per heavy atom. The molecule has 0 amide bonds. The number of aryl methyl sites for hydroxylation is 2. The third-order valence-electron chi connectivity index (χ3n) is 4.03. The molecule has 2 aliphatic rings. The van der Waals surface area contributed by atoms with Gasteiger partial charge in [-0.1, -0.05) is 6.07 Å². The summed E-state index contributed by atoms with van der Waals surface area (Å²) < 4.78 is 10.6.